The van der Waals surface area contributed by atoms with Gasteiger partial charge in [-0.05, 0) is 37.1 Å². The van der Waals surface area contributed by atoms with Crippen LogP contribution in [0, 0.1) is 13.8 Å². The van der Waals surface area contributed by atoms with Crippen LogP contribution in [0.15, 0.2) is 63.0 Å². The van der Waals surface area contributed by atoms with E-state index in [2.05, 4.69) is 27.3 Å². The van der Waals surface area contributed by atoms with Crippen LogP contribution in [-0.2, 0) is 12.2 Å². The van der Waals surface area contributed by atoms with E-state index in [4.69, 9.17) is 14.1 Å². The highest BCUT2D eigenvalue weighted by atomic mass is 32.2. The van der Waals surface area contributed by atoms with Gasteiger partial charge in [-0.25, -0.2) is 4.98 Å². The molecule has 2 aromatic carbocycles. The third kappa shape index (κ3) is 4.62. The minimum absolute atomic E-state index is 0.133. The zero-order valence-electron chi connectivity index (χ0n) is 18.9. The molecule has 34 heavy (non-hydrogen) atoms. The van der Waals surface area contributed by atoms with Gasteiger partial charge < -0.3 is 14.1 Å². The molecule has 0 bridgehead atoms. The maximum atomic E-state index is 13.0. The van der Waals surface area contributed by atoms with E-state index in [9.17, 15) is 4.79 Å². The summed E-state index contributed by atoms with van der Waals surface area (Å²) in [7, 11) is 1.64. The SMILES string of the molecule is COc1ccc(Cc2nnc(SCc3nc4sc(C)c(-c5ccc(C)cc5)c4c(=O)[nH]3)o2)cc1. The van der Waals surface area contributed by atoms with Crippen molar-refractivity contribution in [3.63, 3.8) is 0 Å². The molecule has 5 rings (SSSR count). The fraction of sp³-hybridized carbons (Fsp3) is 0.200. The number of nitrogens with zero attached hydrogens (tertiary/aromatic N) is 3. The van der Waals surface area contributed by atoms with Crippen molar-refractivity contribution in [1.82, 2.24) is 20.2 Å². The number of hydrogen-bond acceptors (Lipinski definition) is 8. The topological polar surface area (TPSA) is 93.9 Å². The van der Waals surface area contributed by atoms with Crippen LogP contribution in [-0.4, -0.2) is 27.3 Å². The molecule has 0 saturated carbocycles. The van der Waals surface area contributed by atoms with Crippen LogP contribution in [0.2, 0.25) is 0 Å². The summed E-state index contributed by atoms with van der Waals surface area (Å²) in [6, 6.07) is 15.9. The minimum atomic E-state index is -0.133. The predicted octanol–water partition coefficient (Wildman–Crippen LogP) is 5.54. The molecule has 1 N–H and O–H groups in total. The number of methoxy groups -OCH3 is 1. The molecule has 3 aromatic heterocycles. The van der Waals surface area contributed by atoms with Crippen LogP contribution in [0.25, 0.3) is 21.3 Å². The van der Waals surface area contributed by atoms with Crippen molar-refractivity contribution >= 4 is 33.3 Å². The Bertz CT molecular complexity index is 1500. The Morgan fingerprint density at radius 3 is 2.56 bits per heavy atom. The standard InChI is InChI=1S/C25H22N4O3S2/c1-14-4-8-17(9-5-14)21-15(2)34-24-22(21)23(30)26-19(27-24)13-33-25-29-28-20(32-25)12-16-6-10-18(31-3)11-7-16/h4-11H,12-13H2,1-3H3,(H,26,27,30). The number of H-pyrrole nitrogens is 1. The molecule has 0 saturated heterocycles. The van der Waals surface area contributed by atoms with Gasteiger partial charge in [0.05, 0.1) is 24.7 Å². The lowest BCUT2D eigenvalue weighted by atomic mass is 10.0. The molecule has 0 amide bonds. The molecule has 0 atom stereocenters. The van der Waals surface area contributed by atoms with Crippen molar-refractivity contribution < 1.29 is 9.15 Å². The van der Waals surface area contributed by atoms with Crippen molar-refractivity contribution in [1.29, 1.82) is 0 Å². The Morgan fingerprint density at radius 2 is 1.82 bits per heavy atom. The van der Waals surface area contributed by atoms with Crippen LogP contribution in [0.1, 0.15) is 27.7 Å². The first-order valence-electron chi connectivity index (χ1n) is 10.7. The fourth-order valence-corrected chi connectivity index (χ4v) is 5.43. The summed E-state index contributed by atoms with van der Waals surface area (Å²) in [5.41, 5.74) is 4.08. The summed E-state index contributed by atoms with van der Waals surface area (Å²) in [6.07, 6.45) is 0.537. The molecule has 9 heteroatoms. The monoisotopic (exact) mass is 490 g/mol. The smallest absolute Gasteiger partial charge is 0.277 e. The summed E-state index contributed by atoms with van der Waals surface area (Å²) in [6.45, 7) is 4.07. The molecule has 0 aliphatic heterocycles. The van der Waals surface area contributed by atoms with Gasteiger partial charge in [0.25, 0.3) is 10.8 Å². The van der Waals surface area contributed by atoms with E-state index in [1.54, 1.807) is 7.11 Å². The number of aryl methyl sites for hydroxylation is 2. The average molecular weight is 491 g/mol. The molecular formula is C25H22N4O3S2. The Kier molecular flexibility index (Phi) is 6.21. The maximum Gasteiger partial charge on any atom is 0.277 e. The quantitative estimate of drug-likeness (QED) is 0.299. The second-order valence-corrected chi connectivity index (χ2v) is 10.00. The maximum absolute atomic E-state index is 13.0. The number of thioether (sulfide) groups is 1. The van der Waals surface area contributed by atoms with Gasteiger partial charge in [-0.3, -0.25) is 4.79 Å². The van der Waals surface area contributed by atoms with Gasteiger partial charge in [-0.15, -0.1) is 21.5 Å². The Labute approximate surface area is 204 Å². The van der Waals surface area contributed by atoms with Gasteiger partial charge in [0.15, 0.2) is 0 Å². The van der Waals surface area contributed by atoms with E-state index in [-0.39, 0.29) is 5.56 Å². The molecule has 3 heterocycles. The minimum Gasteiger partial charge on any atom is -0.497 e. The molecule has 0 unspecified atom stereocenters. The number of aromatic nitrogens is 4. The Morgan fingerprint density at radius 1 is 1.06 bits per heavy atom. The first-order chi connectivity index (χ1) is 16.5. The number of aromatic amines is 1. The van der Waals surface area contributed by atoms with Gasteiger partial charge in [0.2, 0.25) is 5.89 Å². The summed E-state index contributed by atoms with van der Waals surface area (Å²) in [5, 5.41) is 9.32. The fourth-order valence-electron chi connectivity index (χ4n) is 3.72. The molecule has 5 aromatic rings. The largest absolute Gasteiger partial charge is 0.497 e. The van der Waals surface area contributed by atoms with Gasteiger partial charge >= 0.3 is 0 Å². The molecule has 0 fully saturated rings. The van der Waals surface area contributed by atoms with E-state index < -0.39 is 0 Å². The zero-order chi connectivity index (χ0) is 23.7. The van der Waals surface area contributed by atoms with E-state index >= 15 is 0 Å². The Hall–Kier alpha value is -3.43. The summed E-state index contributed by atoms with van der Waals surface area (Å²) in [4.78, 5) is 22.4. The first kappa shape index (κ1) is 22.4. The van der Waals surface area contributed by atoms with Crippen LogP contribution < -0.4 is 10.3 Å². The van der Waals surface area contributed by atoms with Gasteiger partial charge in [0, 0.05) is 10.4 Å². The molecular weight excluding hydrogens is 468 g/mol. The average Bonchev–Trinajstić information content (AvgIpc) is 3.42. The highest BCUT2D eigenvalue weighted by molar-refractivity contribution is 7.98. The lowest BCUT2D eigenvalue weighted by Crippen LogP contribution is -2.10. The lowest BCUT2D eigenvalue weighted by Gasteiger charge is -2.03. The molecule has 0 spiro atoms. The predicted molar refractivity (Wildman–Crippen MR) is 135 cm³/mol. The van der Waals surface area contributed by atoms with E-state index in [1.807, 2.05) is 50.2 Å². The normalized spacial score (nSPS) is 11.3. The zero-order valence-corrected chi connectivity index (χ0v) is 20.5. The molecule has 0 aliphatic rings. The van der Waals surface area contributed by atoms with E-state index in [0.29, 0.717) is 34.5 Å². The summed E-state index contributed by atoms with van der Waals surface area (Å²) in [5.74, 6) is 2.33. The molecule has 0 radical (unpaired) electrons. The van der Waals surface area contributed by atoms with Gasteiger partial charge in [0.1, 0.15) is 16.4 Å². The van der Waals surface area contributed by atoms with Crippen molar-refractivity contribution in [3.05, 3.63) is 86.6 Å². The number of nitrogens with one attached hydrogen (secondary N) is 1. The highest BCUT2D eigenvalue weighted by Gasteiger charge is 2.17. The number of benzene rings is 2. The van der Waals surface area contributed by atoms with Crippen LogP contribution in [0.3, 0.4) is 0 Å². The number of rotatable bonds is 7. The van der Waals surface area contributed by atoms with Crippen molar-refractivity contribution in [2.24, 2.45) is 0 Å². The highest BCUT2D eigenvalue weighted by Crippen LogP contribution is 2.36. The van der Waals surface area contributed by atoms with Crippen LogP contribution in [0.4, 0.5) is 0 Å². The van der Waals surface area contributed by atoms with Crippen molar-refractivity contribution in [2.75, 3.05) is 7.11 Å². The van der Waals surface area contributed by atoms with Gasteiger partial charge in [-0.1, -0.05) is 53.7 Å². The number of thiophene rings is 1. The first-order valence-corrected chi connectivity index (χ1v) is 12.5. The van der Waals surface area contributed by atoms with Crippen LogP contribution >= 0.6 is 23.1 Å². The van der Waals surface area contributed by atoms with Crippen molar-refractivity contribution in [3.8, 4) is 16.9 Å². The second kappa shape index (κ2) is 9.44. The van der Waals surface area contributed by atoms with Crippen LogP contribution in [0.5, 0.6) is 5.75 Å². The van der Waals surface area contributed by atoms with Gasteiger partial charge in [-0.2, -0.15) is 0 Å². The third-order valence-electron chi connectivity index (χ3n) is 5.42. The molecule has 172 valence electrons. The molecule has 7 nitrogen and oxygen atoms in total. The lowest BCUT2D eigenvalue weighted by molar-refractivity contribution is 0.413. The van der Waals surface area contributed by atoms with E-state index in [0.717, 1.165) is 32.1 Å². The summed E-state index contributed by atoms with van der Waals surface area (Å²) >= 11 is 2.88. The number of ether oxygens (including phenoxy) is 1. The summed E-state index contributed by atoms with van der Waals surface area (Å²) < 4.78 is 10.9. The number of fused-ring (bicyclic) bond motifs is 1. The van der Waals surface area contributed by atoms with Crippen molar-refractivity contribution in [2.45, 2.75) is 31.2 Å². The Balaban J connectivity index is 1.32. The van der Waals surface area contributed by atoms with E-state index in [1.165, 1.54) is 28.7 Å². The number of hydrogen-bond donors (Lipinski definition) is 1. The second-order valence-electron chi connectivity index (χ2n) is 7.87. The third-order valence-corrected chi connectivity index (χ3v) is 7.25. The molecule has 0 aliphatic carbocycles.